The predicted octanol–water partition coefficient (Wildman–Crippen LogP) is 3.69. The molecular formula is C14H22O. The van der Waals surface area contributed by atoms with Crippen LogP contribution in [-0.2, 0) is 4.74 Å². The van der Waals surface area contributed by atoms with Crippen molar-refractivity contribution in [1.82, 2.24) is 0 Å². The summed E-state index contributed by atoms with van der Waals surface area (Å²) in [5.74, 6) is 0. The standard InChI is InChI=1S/C14H22O/c1-10-9-13(5)12(4)8-6-7-11(2,3)14(10,12)15-13/h9H,6-8H2,1-5H3. The molecule has 2 aliphatic carbocycles. The molecule has 15 heavy (non-hydrogen) atoms. The Labute approximate surface area is 92.9 Å². The molecule has 0 radical (unpaired) electrons. The minimum atomic E-state index is 0.0226. The summed E-state index contributed by atoms with van der Waals surface area (Å²) in [5, 5.41) is 0. The van der Waals surface area contributed by atoms with Crippen LogP contribution >= 0.6 is 0 Å². The van der Waals surface area contributed by atoms with Gasteiger partial charge in [-0.25, -0.2) is 0 Å². The Bertz CT molecular complexity index is 368. The fourth-order valence-electron chi connectivity index (χ4n) is 4.97. The summed E-state index contributed by atoms with van der Waals surface area (Å²) in [5.41, 5.74) is 2.21. The molecule has 4 aliphatic rings. The Morgan fingerprint density at radius 3 is 2.33 bits per heavy atom. The van der Waals surface area contributed by atoms with Gasteiger partial charge in [0.25, 0.3) is 0 Å². The Hall–Kier alpha value is -0.300. The van der Waals surface area contributed by atoms with Crippen molar-refractivity contribution in [2.45, 2.75) is 65.1 Å². The lowest BCUT2D eigenvalue weighted by atomic mass is 9.46. The summed E-state index contributed by atoms with van der Waals surface area (Å²) >= 11 is 0. The van der Waals surface area contributed by atoms with E-state index < -0.39 is 0 Å². The van der Waals surface area contributed by atoms with Gasteiger partial charge in [-0.1, -0.05) is 33.3 Å². The van der Waals surface area contributed by atoms with E-state index in [1.165, 1.54) is 24.8 Å². The minimum absolute atomic E-state index is 0.0226. The van der Waals surface area contributed by atoms with E-state index in [0.717, 1.165) is 0 Å². The van der Waals surface area contributed by atoms with Gasteiger partial charge in [0.15, 0.2) is 0 Å². The van der Waals surface area contributed by atoms with Crippen molar-refractivity contribution in [3.8, 4) is 0 Å². The molecule has 2 bridgehead atoms. The molecule has 1 saturated carbocycles. The van der Waals surface area contributed by atoms with E-state index in [0.29, 0.717) is 10.8 Å². The van der Waals surface area contributed by atoms with Crippen LogP contribution < -0.4 is 0 Å². The van der Waals surface area contributed by atoms with E-state index in [1.54, 1.807) is 0 Å². The lowest BCUT2D eigenvalue weighted by molar-refractivity contribution is -0.364. The first-order valence-electron chi connectivity index (χ1n) is 6.19. The second kappa shape index (κ2) is 2.20. The molecule has 1 saturated heterocycles. The van der Waals surface area contributed by atoms with E-state index in [1.807, 2.05) is 0 Å². The molecule has 1 spiro atoms. The Kier molecular flexibility index (Phi) is 1.45. The van der Waals surface area contributed by atoms with Crippen molar-refractivity contribution in [1.29, 1.82) is 0 Å². The molecule has 2 fully saturated rings. The molecule has 0 aromatic heterocycles. The maximum atomic E-state index is 6.37. The molecule has 4 rings (SSSR count). The molecule has 0 N–H and O–H groups in total. The highest BCUT2D eigenvalue weighted by Crippen LogP contribution is 2.76. The Morgan fingerprint density at radius 1 is 1.13 bits per heavy atom. The molecule has 84 valence electrons. The van der Waals surface area contributed by atoms with Crippen LogP contribution in [0.3, 0.4) is 0 Å². The quantitative estimate of drug-likeness (QED) is 0.549. The van der Waals surface area contributed by atoms with Crippen molar-refractivity contribution in [2.75, 3.05) is 0 Å². The lowest BCUT2D eigenvalue weighted by Crippen LogP contribution is -2.76. The monoisotopic (exact) mass is 206 g/mol. The zero-order valence-corrected chi connectivity index (χ0v) is 10.6. The van der Waals surface area contributed by atoms with Crippen molar-refractivity contribution < 1.29 is 4.74 Å². The minimum Gasteiger partial charge on any atom is -0.358 e. The molecule has 0 amide bonds. The first kappa shape index (κ1) is 9.89. The number of rotatable bonds is 0. The molecule has 3 unspecified atom stereocenters. The Balaban J connectivity index is 2.19. The summed E-state index contributed by atoms with van der Waals surface area (Å²) in [6.07, 6.45) is 6.36. The fraction of sp³-hybridized carbons (Fsp3) is 0.857. The van der Waals surface area contributed by atoms with Crippen LogP contribution in [0.25, 0.3) is 0 Å². The van der Waals surface area contributed by atoms with Gasteiger partial charge in [0.05, 0.1) is 5.60 Å². The van der Waals surface area contributed by atoms with Crippen LogP contribution in [0.4, 0.5) is 0 Å². The molecule has 0 aromatic carbocycles. The van der Waals surface area contributed by atoms with Gasteiger partial charge in [0, 0.05) is 5.41 Å². The third-order valence-corrected chi connectivity index (χ3v) is 5.72. The summed E-state index contributed by atoms with van der Waals surface area (Å²) in [6.45, 7) is 11.7. The zero-order valence-electron chi connectivity index (χ0n) is 10.6. The molecule has 0 aromatic rings. The summed E-state index contributed by atoms with van der Waals surface area (Å²) < 4.78 is 6.37. The molecular weight excluding hydrogens is 184 g/mol. The van der Waals surface area contributed by atoms with Crippen LogP contribution in [0.1, 0.15) is 53.9 Å². The average Bonchev–Trinajstić information content (AvgIpc) is 2.47. The van der Waals surface area contributed by atoms with Crippen LogP contribution in [0.15, 0.2) is 11.6 Å². The highest BCUT2D eigenvalue weighted by Gasteiger charge is 2.79. The van der Waals surface area contributed by atoms with Gasteiger partial charge in [-0.2, -0.15) is 0 Å². The molecule has 2 aliphatic heterocycles. The number of hydrogen-bond donors (Lipinski definition) is 0. The van der Waals surface area contributed by atoms with E-state index in [2.05, 4.69) is 40.7 Å². The fourth-order valence-corrected chi connectivity index (χ4v) is 4.97. The molecule has 2 heterocycles. The van der Waals surface area contributed by atoms with Crippen molar-refractivity contribution in [3.63, 3.8) is 0 Å². The van der Waals surface area contributed by atoms with Gasteiger partial charge < -0.3 is 4.74 Å². The van der Waals surface area contributed by atoms with Gasteiger partial charge in [-0.05, 0) is 37.7 Å². The maximum absolute atomic E-state index is 6.37. The SMILES string of the molecule is CC1=CC2(C)OC13C(C)(C)CCCC23C. The van der Waals surface area contributed by atoms with Gasteiger partial charge in [0.1, 0.15) is 5.60 Å². The molecule has 1 nitrogen and oxygen atoms in total. The van der Waals surface area contributed by atoms with Crippen molar-refractivity contribution in [2.24, 2.45) is 10.8 Å². The van der Waals surface area contributed by atoms with Gasteiger partial charge in [0.2, 0.25) is 0 Å². The third kappa shape index (κ3) is 0.702. The maximum Gasteiger partial charge on any atom is 0.104 e. The molecule has 3 atom stereocenters. The third-order valence-electron chi connectivity index (χ3n) is 5.72. The van der Waals surface area contributed by atoms with Gasteiger partial charge in [-0.15, -0.1) is 0 Å². The first-order chi connectivity index (χ1) is 6.79. The second-order valence-corrected chi connectivity index (χ2v) is 6.79. The van der Waals surface area contributed by atoms with E-state index in [9.17, 15) is 0 Å². The lowest BCUT2D eigenvalue weighted by Gasteiger charge is -2.71. The van der Waals surface area contributed by atoms with Crippen LogP contribution in [0.5, 0.6) is 0 Å². The smallest absolute Gasteiger partial charge is 0.104 e. The van der Waals surface area contributed by atoms with E-state index in [4.69, 9.17) is 4.74 Å². The van der Waals surface area contributed by atoms with Gasteiger partial charge in [-0.3, -0.25) is 0 Å². The summed E-state index contributed by atoms with van der Waals surface area (Å²) in [7, 11) is 0. The average molecular weight is 206 g/mol. The van der Waals surface area contributed by atoms with Gasteiger partial charge >= 0.3 is 0 Å². The normalized spacial score (nSPS) is 55.7. The van der Waals surface area contributed by atoms with Crippen LogP contribution in [0, 0.1) is 10.8 Å². The van der Waals surface area contributed by atoms with Crippen LogP contribution in [0.2, 0.25) is 0 Å². The van der Waals surface area contributed by atoms with E-state index >= 15 is 0 Å². The summed E-state index contributed by atoms with van der Waals surface area (Å²) in [4.78, 5) is 0. The largest absolute Gasteiger partial charge is 0.358 e. The highest BCUT2D eigenvalue weighted by atomic mass is 16.6. The van der Waals surface area contributed by atoms with Crippen molar-refractivity contribution >= 4 is 0 Å². The first-order valence-corrected chi connectivity index (χ1v) is 6.19. The number of hydrogen-bond acceptors (Lipinski definition) is 1. The van der Waals surface area contributed by atoms with Crippen molar-refractivity contribution in [3.05, 3.63) is 11.6 Å². The summed E-state index contributed by atoms with van der Waals surface area (Å²) in [6, 6.07) is 0. The topological polar surface area (TPSA) is 9.23 Å². The highest BCUT2D eigenvalue weighted by molar-refractivity contribution is 5.47. The zero-order chi connectivity index (χ0) is 11.1. The second-order valence-electron chi connectivity index (χ2n) is 6.79. The number of ether oxygens (including phenoxy) is 1. The van der Waals surface area contributed by atoms with E-state index in [-0.39, 0.29) is 11.2 Å². The predicted molar refractivity (Wildman–Crippen MR) is 61.7 cm³/mol. The van der Waals surface area contributed by atoms with Crippen LogP contribution in [-0.4, -0.2) is 11.2 Å². The Morgan fingerprint density at radius 2 is 1.80 bits per heavy atom. The molecule has 1 heteroatoms.